The third-order valence-electron chi connectivity index (χ3n) is 3.70. The number of hydrogen-bond donors (Lipinski definition) is 1. The number of hydrogen-bond acceptors (Lipinski definition) is 2. The average Bonchev–Trinajstić information content (AvgIpc) is 2.72. The fourth-order valence-corrected chi connectivity index (χ4v) is 2.40. The molecule has 0 unspecified atom stereocenters. The molecule has 0 bridgehead atoms. The van der Waals surface area contributed by atoms with Gasteiger partial charge in [-0.25, -0.2) is 0 Å². The van der Waals surface area contributed by atoms with Crippen LogP contribution in [0.25, 0.3) is 0 Å². The summed E-state index contributed by atoms with van der Waals surface area (Å²) in [6.45, 7) is 4.87. The number of nitriles is 1. The van der Waals surface area contributed by atoms with Gasteiger partial charge in [0.25, 0.3) is 0 Å². The zero-order valence-corrected chi connectivity index (χ0v) is 12.7. The lowest BCUT2D eigenvalue weighted by molar-refractivity contribution is 0.572. The molecule has 0 saturated carbocycles. The van der Waals surface area contributed by atoms with Crippen LogP contribution in [0.5, 0.6) is 0 Å². The first-order valence-electron chi connectivity index (χ1n) is 6.57. The molecule has 1 N–H and O–H groups in total. The van der Waals surface area contributed by atoms with Crippen molar-refractivity contribution in [3.8, 4) is 6.07 Å². The van der Waals surface area contributed by atoms with E-state index in [0.717, 1.165) is 28.4 Å². The maximum atomic E-state index is 9.04. The Hall–Kier alpha value is -1.76. The van der Waals surface area contributed by atoms with Gasteiger partial charge in [-0.05, 0) is 43.2 Å². The van der Waals surface area contributed by atoms with Crippen molar-refractivity contribution >= 4 is 11.6 Å². The molecule has 20 heavy (non-hydrogen) atoms. The Labute approximate surface area is 124 Å². The van der Waals surface area contributed by atoms with E-state index in [0.29, 0.717) is 5.69 Å². The fraction of sp³-hybridized carbons (Fsp3) is 0.312. The smallest absolute Gasteiger partial charge is 0.120 e. The summed E-state index contributed by atoms with van der Waals surface area (Å²) in [5.41, 5.74) is 4.12. The first-order valence-corrected chi connectivity index (χ1v) is 6.95. The van der Waals surface area contributed by atoms with Crippen LogP contribution in [-0.2, 0) is 13.6 Å². The molecule has 2 rings (SSSR count). The normalized spacial score (nSPS) is 12.2. The highest BCUT2D eigenvalue weighted by molar-refractivity contribution is 6.30. The van der Waals surface area contributed by atoms with Gasteiger partial charge in [-0.3, -0.25) is 0 Å². The number of aromatic nitrogens is 1. The minimum atomic E-state index is 0.207. The standard InChI is InChI=1S/C16H18ClN3/c1-11(13-5-4-6-15(17)7-13)19-10-14-8-16(9-18)20(3)12(14)2/h4-8,11,19H,10H2,1-3H3/t11-/m1/s1. The summed E-state index contributed by atoms with van der Waals surface area (Å²) >= 11 is 6.01. The number of nitrogens with one attached hydrogen (secondary N) is 1. The van der Waals surface area contributed by atoms with Crippen molar-refractivity contribution in [2.45, 2.75) is 26.4 Å². The van der Waals surface area contributed by atoms with E-state index in [1.165, 1.54) is 0 Å². The Morgan fingerprint density at radius 2 is 2.15 bits per heavy atom. The molecule has 1 aromatic heterocycles. The summed E-state index contributed by atoms with van der Waals surface area (Å²) in [7, 11) is 1.91. The SMILES string of the molecule is Cc1c(CN[C@H](C)c2cccc(Cl)c2)cc(C#N)n1C. The molecule has 0 amide bonds. The Kier molecular flexibility index (Phi) is 4.49. The van der Waals surface area contributed by atoms with E-state index in [-0.39, 0.29) is 6.04 Å². The van der Waals surface area contributed by atoms with Gasteiger partial charge < -0.3 is 9.88 Å². The largest absolute Gasteiger partial charge is 0.340 e. The molecule has 2 aromatic rings. The molecule has 0 spiro atoms. The second-order valence-corrected chi connectivity index (χ2v) is 5.41. The molecule has 4 heteroatoms. The van der Waals surface area contributed by atoms with Gasteiger partial charge in [-0.1, -0.05) is 23.7 Å². The van der Waals surface area contributed by atoms with Crippen LogP contribution < -0.4 is 5.32 Å². The number of benzene rings is 1. The lowest BCUT2D eigenvalue weighted by atomic mass is 10.1. The lowest BCUT2D eigenvalue weighted by Crippen LogP contribution is -2.18. The van der Waals surface area contributed by atoms with Crippen LogP contribution in [0, 0.1) is 18.3 Å². The second-order valence-electron chi connectivity index (χ2n) is 4.97. The quantitative estimate of drug-likeness (QED) is 0.931. The van der Waals surface area contributed by atoms with Gasteiger partial charge in [-0.2, -0.15) is 5.26 Å². The van der Waals surface area contributed by atoms with E-state index < -0.39 is 0 Å². The monoisotopic (exact) mass is 287 g/mol. The van der Waals surface area contributed by atoms with E-state index in [2.05, 4.69) is 24.4 Å². The van der Waals surface area contributed by atoms with E-state index in [4.69, 9.17) is 16.9 Å². The van der Waals surface area contributed by atoms with Crippen LogP contribution in [0.15, 0.2) is 30.3 Å². The fourth-order valence-electron chi connectivity index (χ4n) is 2.21. The highest BCUT2D eigenvalue weighted by Gasteiger charge is 2.10. The Bertz CT molecular complexity index is 652. The first-order chi connectivity index (χ1) is 9.52. The third kappa shape index (κ3) is 3.04. The molecule has 0 aliphatic heterocycles. The third-order valence-corrected chi connectivity index (χ3v) is 3.94. The maximum Gasteiger partial charge on any atom is 0.120 e. The predicted octanol–water partition coefficient (Wildman–Crippen LogP) is 3.71. The van der Waals surface area contributed by atoms with E-state index in [1.54, 1.807) is 0 Å². The molecule has 0 radical (unpaired) electrons. The van der Waals surface area contributed by atoms with Crippen LogP contribution >= 0.6 is 11.6 Å². The van der Waals surface area contributed by atoms with Gasteiger partial charge in [0.05, 0.1) is 0 Å². The summed E-state index contributed by atoms with van der Waals surface area (Å²) in [6, 6.07) is 12.2. The highest BCUT2D eigenvalue weighted by atomic mass is 35.5. The minimum absolute atomic E-state index is 0.207. The second kappa shape index (κ2) is 6.13. The molecule has 0 aliphatic carbocycles. The van der Waals surface area contributed by atoms with Crippen LogP contribution in [0.1, 0.15) is 35.5 Å². The zero-order valence-electron chi connectivity index (χ0n) is 11.9. The number of halogens is 1. The van der Waals surface area contributed by atoms with E-state index in [9.17, 15) is 0 Å². The molecule has 1 aromatic carbocycles. The van der Waals surface area contributed by atoms with Crippen LogP contribution in [0.3, 0.4) is 0 Å². The van der Waals surface area contributed by atoms with E-state index >= 15 is 0 Å². The maximum absolute atomic E-state index is 9.04. The minimum Gasteiger partial charge on any atom is -0.340 e. The van der Waals surface area contributed by atoms with Crippen molar-refractivity contribution < 1.29 is 0 Å². The molecule has 1 atom stereocenters. The van der Waals surface area contributed by atoms with Crippen molar-refractivity contribution in [3.05, 3.63) is 57.9 Å². The Morgan fingerprint density at radius 1 is 1.40 bits per heavy atom. The van der Waals surface area contributed by atoms with Gasteiger partial charge in [0.15, 0.2) is 0 Å². The first kappa shape index (κ1) is 14.6. The summed E-state index contributed by atoms with van der Waals surface area (Å²) in [4.78, 5) is 0. The molecule has 104 valence electrons. The van der Waals surface area contributed by atoms with Crippen molar-refractivity contribution in [1.29, 1.82) is 5.26 Å². The van der Waals surface area contributed by atoms with Gasteiger partial charge >= 0.3 is 0 Å². The molecule has 0 fully saturated rings. The van der Waals surface area contributed by atoms with Crippen LogP contribution in [0.4, 0.5) is 0 Å². The molecule has 0 saturated heterocycles. The molecular weight excluding hydrogens is 270 g/mol. The molecule has 1 heterocycles. The lowest BCUT2D eigenvalue weighted by Gasteiger charge is -2.14. The highest BCUT2D eigenvalue weighted by Crippen LogP contribution is 2.19. The molecule has 3 nitrogen and oxygen atoms in total. The zero-order chi connectivity index (χ0) is 14.7. The van der Waals surface area contributed by atoms with Gasteiger partial charge in [0.2, 0.25) is 0 Å². The van der Waals surface area contributed by atoms with Crippen molar-refractivity contribution in [2.24, 2.45) is 7.05 Å². The summed E-state index contributed by atoms with van der Waals surface area (Å²) in [5, 5.41) is 13.3. The topological polar surface area (TPSA) is 40.8 Å². The van der Waals surface area contributed by atoms with Crippen LogP contribution in [0.2, 0.25) is 5.02 Å². The number of nitrogens with zero attached hydrogens (tertiary/aromatic N) is 2. The summed E-state index contributed by atoms with van der Waals surface area (Å²) in [5.74, 6) is 0. The Balaban J connectivity index is 2.07. The van der Waals surface area contributed by atoms with E-state index in [1.807, 2.05) is 42.8 Å². The summed E-state index contributed by atoms with van der Waals surface area (Å²) < 4.78 is 1.92. The Morgan fingerprint density at radius 3 is 2.75 bits per heavy atom. The molecule has 0 aliphatic rings. The average molecular weight is 288 g/mol. The van der Waals surface area contributed by atoms with Gasteiger partial charge in [-0.15, -0.1) is 0 Å². The predicted molar refractivity (Wildman–Crippen MR) is 81.6 cm³/mol. The van der Waals surface area contributed by atoms with Crippen molar-refractivity contribution in [2.75, 3.05) is 0 Å². The number of rotatable bonds is 4. The molecular formula is C16H18ClN3. The summed E-state index contributed by atoms with van der Waals surface area (Å²) in [6.07, 6.45) is 0. The van der Waals surface area contributed by atoms with Gasteiger partial charge in [0, 0.05) is 30.4 Å². The van der Waals surface area contributed by atoms with Crippen molar-refractivity contribution in [3.63, 3.8) is 0 Å². The van der Waals surface area contributed by atoms with Gasteiger partial charge in [0.1, 0.15) is 11.8 Å². The van der Waals surface area contributed by atoms with Crippen molar-refractivity contribution in [1.82, 2.24) is 9.88 Å². The van der Waals surface area contributed by atoms with Crippen LogP contribution in [-0.4, -0.2) is 4.57 Å².